The van der Waals surface area contributed by atoms with E-state index in [1.54, 1.807) is 11.5 Å². The highest BCUT2D eigenvalue weighted by molar-refractivity contribution is 7.07. The number of carbonyl (C=O) groups is 1. The van der Waals surface area contributed by atoms with E-state index in [4.69, 9.17) is 14.5 Å². The van der Waals surface area contributed by atoms with Gasteiger partial charge >= 0.3 is 5.97 Å². The molecule has 0 bridgehead atoms. The first-order valence-corrected chi connectivity index (χ1v) is 17.3. The minimum Gasteiger partial charge on any atom is -0.489 e. The van der Waals surface area contributed by atoms with Crippen molar-refractivity contribution in [2.45, 2.75) is 39.3 Å². The van der Waals surface area contributed by atoms with E-state index in [2.05, 4.69) is 50.2 Å². The maximum atomic E-state index is 14.3. The average molecular weight is 665 g/mol. The van der Waals surface area contributed by atoms with E-state index in [0.29, 0.717) is 38.9 Å². The molecular formula is C42H36N2O4S. The second-order valence-corrected chi connectivity index (χ2v) is 13.3. The van der Waals surface area contributed by atoms with E-state index >= 15 is 0 Å². The summed E-state index contributed by atoms with van der Waals surface area (Å²) in [6.07, 6.45) is 1.86. The van der Waals surface area contributed by atoms with Gasteiger partial charge in [0.1, 0.15) is 12.4 Å². The molecule has 244 valence electrons. The van der Waals surface area contributed by atoms with E-state index in [1.165, 1.54) is 22.3 Å². The van der Waals surface area contributed by atoms with Gasteiger partial charge in [-0.2, -0.15) is 0 Å². The summed E-state index contributed by atoms with van der Waals surface area (Å²) < 4.78 is 14.0. The van der Waals surface area contributed by atoms with E-state index in [0.717, 1.165) is 27.6 Å². The molecule has 1 aliphatic heterocycles. The van der Waals surface area contributed by atoms with Crippen LogP contribution < -0.4 is 19.6 Å². The van der Waals surface area contributed by atoms with E-state index in [1.807, 2.05) is 91.0 Å². The van der Waals surface area contributed by atoms with Gasteiger partial charge in [-0.25, -0.2) is 9.79 Å². The smallest absolute Gasteiger partial charge is 0.338 e. The minimum absolute atomic E-state index is 0.201. The van der Waals surface area contributed by atoms with Crippen LogP contribution in [0.2, 0.25) is 0 Å². The summed E-state index contributed by atoms with van der Waals surface area (Å²) in [4.78, 5) is 33.6. The van der Waals surface area contributed by atoms with Gasteiger partial charge in [0.05, 0.1) is 28.5 Å². The largest absolute Gasteiger partial charge is 0.489 e. The molecule has 6 aromatic rings. The van der Waals surface area contributed by atoms with Crippen molar-refractivity contribution in [3.63, 3.8) is 0 Å². The van der Waals surface area contributed by atoms with Crippen molar-refractivity contribution >= 4 is 39.9 Å². The van der Waals surface area contributed by atoms with Crippen LogP contribution >= 0.6 is 11.3 Å². The number of fused-ring (bicyclic) bond motifs is 2. The molecule has 7 heteroatoms. The van der Waals surface area contributed by atoms with Crippen molar-refractivity contribution in [2.75, 3.05) is 6.61 Å². The summed E-state index contributed by atoms with van der Waals surface area (Å²) in [5.74, 6) is 0.546. The van der Waals surface area contributed by atoms with Crippen LogP contribution in [-0.4, -0.2) is 17.1 Å². The number of carbonyl (C=O) groups excluding carboxylic acids is 1. The monoisotopic (exact) mass is 664 g/mol. The Morgan fingerprint density at radius 1 is 0.898 bits per heavy atom. The fourth-order valence-corrected chi connectivity index (χ4v) is 7.24. The highest BCUT2D eigenvalue weighted by atomic mass is 32.1. The average Bonchev–Trinajstić information content (AvgIpc) is 3.44. The van der Waals surface area contributed by atoms with Crippen molar-refractivity contribution < 1.29 is 14.3 Å². The molecule has 0 spiro atoms. The molecule has 1 aromatic heterocycles. The summed E-state index contributed by atoms with van der Waals surface area (Å²) in [6.45, 7) is 6.68. The molecule has 1 aliphatic rings. The Kier molecular flexibility index (Phi) is 9.09. The number of benzene rings is 5. The zero-order chi connectivity index (χ0) is 33.9. The number of aromatic nitrogens is 1. The second kappa shape index (κ2) is 13.9. The first kappa shape index (κ1) is 32.0. The van der Waals surface area contributed by atoms with Gasteiger partial charge < -0.3 is 9.47 Å². The van der Waals surface area contributed by atoms with Gasteiger partial charge in [0.2, 0.25) is 0 Å². The highest BCUT2D eigenvalue weighted by Gasteiger charge is 2.35. The van der Waals surface area contributed by atoms with Gasteiger partial charge in [-0.3, -0.25) is 9.36 Å². The predicted molar refractivity (Wildman–Crippen MR) is 196 cm³/mol. The topological polar surface area (TPSA) is 69.9 Å². The van der Waals surface area contributed by atoms with Crippen LogP contribution in [0.25, 0.3) is 22.5 Å². The standard InChI is InChI=1S/C42H36N2O4S/c1-4-47-41(46)37-38(31-14-6-5-7-15-31)43-42-44(39(37)32-22-20-29(21-23-32)27(2)3)40(45)36(49-42)25-28-12-10-18-34(24-28)48-26-33-17-11-16-30-13-8-9-19-35(30)33/h5-25,27,39H,4,26H2,1-3H3/b36-25-/t39-/m0/s1. The van der Waals surface area contributed by atoms with Crippen LogP contribution in [0.15, 0.2) is 137 Å². The lowest BCUT2D eigenvalue weighted by molar-refractivity contribution is -0.138. The van der Waals surface area contributed by atoms with Crippen molar-refractivity contribution in [1.82, 2.24) is 4.57 Å². The Bertz CT molecular complexity index is 2370. The second-order valence-electron chi connectivity index (χ2n) is 12.3. The Hall–Kier alpha value is -5.53. The fraction of sp³-hybridized carbons (Fsp3) is 0.167. The van der Waals surface area contributed by atoms with Gasteiger partial charge in [-0.15, -0.1) is 0 Å². The molecular weight excluding hydrogens is 629 g/mol. The molecule has 49 heavy (non-hydrogen) atoms. The Labute approximate surface area is 288 Å². The van der Waals surface area contributed by atoms with Crippen LogP contribution in [0.5, 0.6) is 5.75 Å². The lowest BCUT2D eigenvalue weighted by Gasteiger charge is -2.26. The Morgan fingerprint density at radius 2 is 1.63 bits per heavy atom. The predicted octanol–water partition coefficient (Wildman–Crippen LogP) is 7.79. The zero-order valence-electron chi connectivity index (χ0n) is 27.6. The Balaban J connectivity index is 1.32. The van der Waals surface area contributed by atoms with Crippen LogP contribution in [0.4, 0.5) is 0 Å². The number of hydrogen-bond acceptors (Lipinski definition) is 6. The summed E-state index contributed by atoms with van der Waals surface area (Å²) in [7, 11) is 0. The number of rotatable bonds is 9. The van der Waals surface area contributed by atoms with Crippen molar-refractivity contribution in [1.29, 1.82) is 0 Å². The Morgan fingerprint density at radius 3 is 2.41 bits per heavy atom. The molecule has 0 aliphatic carbocycles. The number of ether oxygens (including phenoxy) is 2. The number of nitrogens with zero attached hydrogens (tertiary/aromatic N) is 2. The highest BCUT2D eigenvalue weighted by Crippen LogP contribution is 2.35. The van der Waals surface area contributed by atoms with Crippen molar-refractivity contribution in [3.8, 4) is 5.75 Å². The SMILES string of the molecule is CCOC(=O)C1=C(c2ccccc2)N=c2s/c(=C\c3cccc(OCc4cccc5ccccc45)c3)c(=O)n2[C@H]1c1ccc(C(C)C)cc1. The first-order valence-electron chi connectivity index (χ1n) is 16.5. The van der Waals surface area contributed by atoms with Gasteiger partial charge in [-0.05, 0) is 64.1 Å². The maximum absolute atomic E-state index is 14.3. The molecule has 0 fully saturated rings. The molecule has 2 heterocycles. The minimum atomic E-state index is -0.718. The molecule has 0 saturated heterocycles. The molecule has 0 saturated carbocycles. The number of thiazole rings is 1. The van der Waals surface area contributed by atoms with Crippen molar-refractivity contribution in [2.24, 2.45) is 4.99 Å². The summed E-state index contributed by atoms with van der Waals surface area (Å²) in [6, 6.07) is 39.2. The summed E-state index contributed by atoms with van der Waals surface area (Å²) in [5.41, 5.74) is 5.31. The molecule has 1 atom stereocenters. The lowest BCUT2D eigenvalue weighted by Crippen LogP contribution is -2.40. The van der Waals surface area contributed by atoms with Gasteiger partial charge in [0.25, 0.3) is 5.56 Å². The normalized spacial score (nSPS) is 14.5. The van der Waals surface area contributed by atoms with Crippen LogP contribution in [0.1, 0.15) is 60.5 Å². The number of hydrogen-bond donors (Lipinski definition) is 0. The van der Waals surface area contributed by atoms with E-state index < -0.39 is 12.0 Å². The lowest BCUT2D eigenvalue weighted by atomic mass is 9.91. The molecule has 7 rings (SSSR count). The molecule has 0 amide bonds. The third kappa shape index (κ3) is 6.50. The van der Waals surface area contributed by atoms with Gasteiger partial charge in [-0.1, -0.05) is 134 Å². The third-order valence-electron chi connectivity index (χ3n) is 8.72. The quantitative estimate of drug-likeness (QED) is 0.148. The van der Waals surface area contributed by atoms with Crippen LogP contribution in [0.3, 0.4) is 0 Å². The van der Waals surface area contributed by atoms with E-state index in [-0.39, 0.29) is 12.2 Å². The zero-order valence-corrected chi connectivity index (χ0v) is 28.4. The molecule has 0 unspecified atom stereocenters. The van der Waals surface area contributed by atoms with Gasteiger partial charge in [0, 0.05) is 5.56 Å². The van der Waals surface area contributed by atoms with E-state index in [9.17, 15) is 9.59 Å². The summed E-state index contributed by atoms with van der Waals surface area (Å²) >= 11 is 1.31. The van der Waals surface area contributed by atoms with Crippen LogP contribution in [-0.2, 0) is 16.1 Å². The fourth-order valence-electron chi connectivity index (χ4n) is 6.24. The summed E-state index contributed by atoms with van der Waals surface area (Å²) in [5, 5.41) is 2.33. The third-order valence-corrected chi connectivity index (χ3v) is 9.71. The number of esters is 1. The van der Waals surface area contributed by atoms with Crippen molar-refractivity contribution in [3.05, 3.63) is 174 Å². The first-order chi connectivity index (χ1) is 23.9. The maximum Gasteiger partial charge on any atom is 0.338 e. The molecule has 0 radical (unpaired) electrons. The van der Waals surface area contributed by atoms with Crippen LogP contribution in [0, 0.1) is 0 Å². The van der Waals surface area contributed by atoms with Gasteiger partial charge in [0.15, 0.2) is 4.80 Å². The molecule has 5 aromatic carbocycles. The molecule has 6 nitrogen and oxygen atoms in total. The molecule has 0 N–H and O–H groups in total.